The number of hydrogen-bond acceptors (Lipinski definition) is 5. The molecule has 1 aliphatic rings. The Labute approximate surface area is 170 Å². The van der Waals surface area contributed by atoms with Crippen LogP contribution in [0.1, 0.15) is 6.42 Å². The van der Waals surface area contributed by atoms with Crippen LogP contribution in [0.5, 0.6) is 11.5 Å². The highest BCUT2D eigenvalue weighted by atomic mass is 16.5. The molecule has 0 N–H and O–H groups in total. The van der Waals surface area contributed by atoms with Crippen molar-refractivity contribution >= 4 is 19.0 Å². The molecule has 2 radical (unpaired) electrons. The van der Waals surface area contributed by atoms with Crippen LogP contribution in [0.2, 0.25) is 0 Å². The Hall–Kier alpha value is -3.19. The molecular formula is C22H20BN5O. The van der Waals surface area contributed by atoms with Crippen LogP contribution in [0.15, 0.2) is 67.1 Å². The lowest BCUT2D eigenvalue weighted by molar-refractivity contribution is 0.433. The van der Waals surface area contributed by atoms with Crippen molar-refractivity contribution in [3.63, 3.8) is 0 Å². The molecule has 2 aromatic carbocycles. The van der Waals surface area contributed by atoms with Gasteiger partial charge in [0.1, 0.15) is 23.5 Å². The van der Waals surface area contributed by atoms with Gasteiger partial charge in [-0.15, -0.1) is 0 Å². The van der Waals surface area contributed by atoms with Crippen LogP contribution in [0.3, 0.4) is 0 Å². The molecule has 5 rings (SSSR count). The first-order valence-corrected chi connectivity index (χ1v) is 9.76. The van der Waals surface area contributed by atoms with E-state index in [0.29, 0.717) is 5.92 Å². The molecule has 1 atom stereocenters. The fourth-order valence-corrected chi connectivity index (χ4v) is 3.82. The smallest absolute Gasteiger partial charge is 0.182 e. The summed E-state index contributed by atoms with van der Waals surface area (Å²) in [6, 6.07) is 17.7. The lowest BCUT2D eigenvalue weighted by Gasteiger charge is -2.11. The summed E-state index contributed by atoms with van der Waals surface area (Å²) in [4.78, 5) is 10.6. The van der Waals surface area contributed by atoms with Gasteiger partial charge in [-0.2, -0.15) is 5.10 Å². The van der Waals surface area contributed by atoms with E-state index in [1.165, 1.54) is 0 Å². The topological polar surface area (TPSA) is 56.1 Å². The highest BCUT2D eigenvalue weighted by Gasteiger charge is 2.22. The van der Waals surface area contributed by atoms with Gasteiger partial charge in [-0.1, -0.05) is 18.2 Å². The van der Waals surface area contributed by atoms with Crippen molar-refractivity contribution < 1.29 is 4.74 Å². The van der Waals surface area contributed by atoms with Crippen LogP contribution in [0.4, 0.5) is 0 Å². The molecule has 4 aromatic rings. The van der Waals surface area contributed by atoms with Crippen LogP contribution in [-0.4, -0.2) is 45.6 Å². The third kappa shape index (κ3) is 3.73. The molecule has 1 aliphatic heterocycles. The summed E-state index contributed by atoms with van der Waals surface area (Å²) in [6.45, 7) is 2.61. The highest BCUT2D eigenvalue weighted by molar-refractivity contribution is 6.04. The molecule has 0 saturated carbocycles. The lowest BCUT2D eigenvalue weighted by atomic mass is 10.1. The third-order valence-electron chi connectivity index (χ3n) is 5.27. The van der Waals surface area contributed by atoms with E-state index in [9.17, 15) is 0 Å². The van der Waals surface area contributed by atoms with Crippen LogP contribution >= 0.6 is 0 Å². The van der Waals surface area contributed by atoms with Gasteiger partial charge in [0, 0.05) is 18.3 Å². The van der Waals surface area contributed by atoms with Gasteiger partial charge in [-0.25, -0.2) is 14.6 Å². The number of fused-ring (bicyclic) bond motifs is 1. The first kappa shape index (κ1) is 17.9. The standard InChI is InChI=1S/C22H20BN5O/c23-27-11-10-16(13-27)14-28-22-20(12-24-15-25-22)21(26-28)17-6-8-19(9-7-17)29-18-4-2-1-3-5-18/h1-9,12,15-16H,10-11,13-14H2/t16-/m0/s1. The van der Waals surface area contributed by atoms with Crippen molar-refractivity contribution in [3.8, 4) is 22.8 Å². The molecule has 7 heteroatoms. The van der Waals surface area contributed by atoms with E-state index < -0.39 is 0 Å². The maximum Gasteiger partial charge on any atom is 0.182 e. The van der Waals surface area contributed by atoms with Crippen LogP contribution in [-0.2, 0) is 6.54 Å². The maximum absolute atomic E-state index is 5.92. The zero-order valence-corrected chi connectivity index (χ0v) is 16.0. The molecule has 142 valence electrons. The van der Waals surface area contributed by atoms with Crippen LogP contribution in [0.25, 0.3) is 22.3 Å². The summed E-state index contributed by atoms with van der Waals surface area (Å²) in [5.74, 6) is 2.08. The first-order chi connectivity index (χ1) is 14.3. The Morgan fingerprint density at radius 2 is 1.83 bits per heavy atom. The molecule has 3 heterocycles. The molecule has 6 nitrogen and oxygen atoms in total. The van der Waals surface area contributed by atoms with Crippen LogP contribution in [0, 0.1) is 5.92 Å². The molecule has 0 amide bonds. The molecule has 1 fully saturated rings. The van der Waals surface area contributed by atoms with Gasteiger partial charge in [0.2, 0.25) is 0 Å². The van der Waals surface area contributed by atoms with Crippen molar-refractivity contribution in [1.82, 2.24) is 24.6 Å². The Balaban J connectivity index is 1.44. The fraction of sp³-hybridized carbons (Fsp3) is 0.227. The third-order valence-corrected chi connectivity index (χ3v) is 5.27. The Morgan fingerprint density at radius 1 is 1.03 bits per heavy atom. The van der Waals surface area contributed by atoms with E-state index in [1.807, 2.05) is 70.3 Å². The second kappa shape index (κ2) is 7.68. The summed E-state index contributed by atoms with van der Waals surface area (Å²) in [5, 5.41) is 5.83. The number of aromatic nitrogens is 4. The van der Waals surface area contributed by atoms with Gasteiger partial charge < -0.3 is 9.55 Å². The fourth-order valence-electron chi connectivity index (χ4n) is 3.82. The summed E-state index contributed by atoms with van der Waals surface area (Å²) in [5.41, 5.74) is 2.75. The van der Waals surface area contributed by atoms with Crippen molar-refractivity contribution in [2.24, 2.45) is 5.92 Å². The van der Waals surface area contributed by atoms with Gasteiger partial charge in [0.15, 0.2) is 13.6 Å². The SMILES string of the molecule is [B]N1CC[C@H](Cn2nc(-c3ccc(Oc4ccccc4)cc3)c3cncnc32)C1. The van der Waals surface area contributed by atoms with Gasteiger partial charge in [0.05, 0.1) is 5.39 Å². The summed E-state index contributed by atoms with van der Waals surface area (Å²) in [7, 11) is 5.92. The number of rotatable bonds is 5. The van der Waals surface area contributed by atoms with Gasteiger partial charge in [-0.05, 0) is 61.8 Å². The van der Waals surface area contributed by atoms with Gasteiger partial charge in [0.25, 0.3) is 0 Å². The van der Waals surface area contributed by atoms with Gasteiger partial charge >= 0.3 is 0 Å². The Bertz CT molecular complexity index is 1110. The monoisotopic (exact) mass is 381 g/mol. The number of para-hydroxylation sites is 1. The molecule has 1 saturated heterocycles. The minimum Gasteiger partial charge on any atom is -0.457 e. The average molecular weight is 381 g/mol. The van der Waals surface area contributed by atoms with E-state index >= 15 is 0 Å². The summed E-state index contributed by atoms with van der Waals surface area (Å²) >= 11 is 0. The van der Waals surface area contributed by atoms with Crippen molar-refractivity contribution in [1.29, 1.82) is 0 Å². The number of hydrogen-bond donors (Lipinski definition) is 0. The molecular weight excluding hydrogens is 361 g/mol. The zero-order chi connectivity index (χ0) is 19.6. The molecule has 0 bridgehead atoms. The normalized spacial score (nSPS) is 17.0. The van der Waals surface area contributed by atoms with Crippen molar-refractivity contribution in [2.45, 2.75) is 13.0 Å². The predicted octanol–water partition coefficient (Wildman–Crippen LogP) is 3.69. The number of benzene rings is 2. The minimum absolute atomic E-state index is 0.479. The molecule has 29 heavy (non-hydrogen) atoms. The quantitative estimate of drug-likeness (QED) is 0.494. The lowest BCUT2D eigenvalue weighted by Crippen LogP contribution is -2.19. The second-order valence-corrected chi connectivity index (χ2v) is 7.38. The van der Waals surface area contributed by atoms with E-state index in [4.69, 9.17) is 17.8 Å². The number of ether oxygens (including phenoxy) is 1. The Morgan fingerprint density at radius 3 is 2.59 bits per heavy atom. The number of nitrogens with zero attached hydrogens (tertiary/aromatic N) is 5. The average Bonchev–Trinajstić information content (AvgIpc) is 3.33. The highest BCUT2D eigenvalue weighted by Crippen LogP contribution is 2.30. The minimum atomic E-state index is 0.479. The first-order valence-electron chi connectivity index (χ1n) is 9.76. The van der Waals surface area contributed by atoms with E-state index in [2.05, 4.69) is 9.97 Å². The van der Waals surface area contributed by atoms with Crippen LogP contribution < -0.4 is 4.74 Å². The van der Waals surface area contributed by atoms with E-state index in [-0.39, 0.29) is 0 Å². The second-order valence-electron chi connectivity index (χ2n) is 7.38. The zero-order valence-electron chi connectivity index (χ0n) is 16.0. The summed E-state index contributed by atoms with van der Waals surface area (Å²) in [6.07, 6.45) is 4.48. The molecule has 0 unspecified atom stereocenters. The van der Waals surface area contributed by atoms with Crippen molar-refractivity contribution in [3.05, 3.63) is 67.1 Å². The van der Waals surface area contributed by atoms with Crippen molar-refractivity contribution in [2.75, 3.05) is 13.1 Å². The van der Waals surface area contributed by atoms with Gasteiger partial charge in [-0.3, -0.25) is 0 Å². The molecule has 2 aromatic heterocycles. The van der Waals surface area contributed by atoms with E-state index in [0.717, 1.165) is 59.8 Å². The largest absolute Gasteiger partial charge is 0.457 e. The molecule has 0 aliphatic carbocycles. The maximum atomic E-state index is 5.92. The Kier molecular flexibility index (Phi) is 4.73. The molecule has 0 spiro atoms. The summed E-state index contributed by atoms with van der Waals surface area (Å²) < 4.78 is 7.88. The van der Waals surface area contributed by atoms with E-state index in [1.54, 1.807) is 6.33 Å². The predicted molar refractivity (Wildman–Crippen MR) is 113 cm³/mol.